The van der Waals surface area contributed by atoms with Gasteiger partial charge in [-0.25, -0.2) is 15.0 Å². The number of halogens is 1. The second-order valence-electron chi connectivity index (χ2n) is 9.59. The predicted octanol–water partition coefficient (Wildman–Crippen LogP) is 4.81. The zero-order valence-corrected chi connectivity index (χ0v) is 21.1. The Labute approximate surface area is 200 Å². The molecule has 1 aliphatic rings. The maximum atomic E-state index is 6.27. The summed E-state index contributed by atoms with van der Waals surface area (Å²) >= 11 is 11.8. The molecule has 9 heteroatoms. The molecule has 0 bridgehead atoms. The van der Waals surface area contributed by atoms with Crippen molar-refractivity contribution in [2.24, 2.45) is 4.99 Å². The molecule has 172 valence electrons. The first-order valence-corrected chi connectivity index (χ1v) is 11.5. The van der Waals surface area contributed by atoms with Crippen molar-refractivity contribution in [1.82, 2.24) is 20.6 Å². The lowest BCUT2D eigenvalue weighted by Crippen LogP contribution is -2.59. The molecule has 1 aromatic heterocycles. The third-order valence-electron chi connectivity index (χ3n) is 5.05. The van der Waals surface area contributed by atoms with Crippen LogP contribution in [0, 0.1) is 13.8 Å². The molecule has 32 heavy (non-hydrogen) atoms. The maximum Gasteiger partial charge on any atom is 0.229 e. The molecule has 0 amide bonds. The van der Waals surface area contributed by atoms with E-state index in [4.69, 9.17) is 28.8 Å². The zero-order chi connectivity index (χ0) is 23.5. The SMILES string of the molecule is Cc1cc(C)nc(NC(=NC2CC(C)(C)NC(C)(C)C2)NC(=S)Nc2ccccc2Cl)n1. The van der Waals surface area contributed by atoms with E-state index in [0.717, 1.165) is 29.9 Å². The van der Waals surface area contributed by atoms with Crippen molar-refractivity contribution in [2.45, 2.75) is 71.5 Å². The Hall–Kier alpha value is -2.29. The molecule has 0 saturated carbocycles. The fourth-order valence-electron chi connectivity index (χ4n) is 4.35. The number of guanidine groups is 1. The highest BCUT2D eigenvalue weighted by Gasteiger charge is 2.37. The first-order valence-electron chi connectivity index (χ1n) is 10.7. The summed E-state index contributed by atoms with van der Waals surface area (Å²) in [5.74, 6) is 0.972. The van der Waals surface area contributed by atoms with Crippen LogP contribution in [0.2, 0.25) is 5.02 Å². The molecular weight excluding hydrogens is 442 g/mol. The van der Waals surface area contributed by atoms with Gasteiger partial charge in [0.15, 0.2) is 5.11 Å². The Morgan fingerprint density at radius 3 is 2.25 bits per heavy atom. The van der Waals surface area contributed by atoms with Gasteiger partial charge in [-0.1, -0.05) is 23.7 Å². The van der Waals surface area contributed by atoms with E-state index in [9.17, 15) is 0 Å². The van der Waals surface area contributed by atoms with E-state index in [1.54, 1.807) is 0 Å². The summed E-state index contributed by atoms with van der Waals surface area (Å²) in [4.78, 5) is 14.0. The third kappa shape index (κ3) is 7.12. The minimum absolute atomic E-state index is 0.0340. The number of thiocarbonyl (C=S) groups is 1. The van der Waals surface area contributed by atoms with E-state index in [1.807, 2.05) is 44.2 Å². The standard InChI is InChI=1S/C23H32ClN7S/c1-14-11-15(2)26-19(25-14)29-20(27-16-12-22(3,4)31-23(5,6)13-16)30-21(32)28-18-10-8-7-9-17(18)24/h7-11,16,31H,12-13H2,1-6H3,(H3,25,26,27,28,29,30,32). The van der Waals surface area contributed by atoms with Crippen molar-refractivity contribution in [1.29, 1.82) is 0 Å². The summed E-state index contributed by atoms with van der Waals surface area (Å²) in [6.07, 6.45) is 1.78. The minimum Gasteiger partial charge on any atom is -0.331 e. The topological polar surface area (TPSA) is 86.3 Å². The van der Waals surface area contributed by atoms with Gasteiger partial charge in [-0.05, 0) is 84.8 Å². The number of aliphatic imine (C=N–C) groups is 1. The van der Waals surface area contributed by atoms with Gasteiger partial charge in [-0.15, -0.1) is 0 Å². The van der Waals surface area contributed by atoms with Crippen LogP contribution in [0.5, 0.6) is 0 Å². The van der Waals surface area contributed by atoms with Crippen LogP contribution in [0.4, 0.5) is 11.6 Å². The molecule has 1 fully saturated rings. The maximum absolute atomic E-state index is 6.27. The number of aromatic nitrogens is 2. The second kappa shape index (κ2) is 9.68. The lowest BCUT2D eigenvalue weighted by molar-refractivity contribution is 0.164. The minimum atomic E-state index is -0.0340. The predicted molar refractivity (Wildman–Crippen MR) is 138 cm³/mol. The molecule has 7 nitrogen and oxygen atoms in total. The summed E-state index contributed by atoms with van der Waals surface area (Å²) in [6.45, 7) is 12.7. The van der Waals surface area contributed by atoms with Crippen LogP contribution in [0.1, 0.15) is 51.9 Å². The van der Waals surface area contributed by atoms with Crippen molar-refractivity contribution in [2.75, 3.05) is 10.6 Å². The van der Waals surface area contributed by atoms with E-state index in [-0.39, 0.29) is 17.1 Å². The average Bonchev–Trinajstić information content (AvgIpc) is 2.60. The molecule has 1 saturated heterocycles. The fraction of sp³-hybridized carbons (Fsp3) is 0.478. The number of rotatable bonds is 3. The van der Waals surface area contributed by atoms with Gasteiger partial charge in [-0.2, -0.15) is 0 Å². The molecule has 2 aromatic rings. The molecule has 1 aromatic carbocycles. The molecule has 2 heterocycles. The van der Waals surface area contributed by atoms with Gasteiger partial charge in [0.2, 0.25) is 11.9 Å². The molecule has 4 N–H and O–H groups in total. The largest absolute Gasteiger partial charge is 0.331 e. The summed E-state index contributed by atoms with van der Waals surface area (Å²) < 4.78 is 0. The smallest absolute Gasteiger partial charge is 0.229 e. The average molecular weight is 474 g/mol. The zero-order valence-electron chi connectivity index (χ0n) is 19.5. The summed E-state index contributed by atoms with van der Waals surface area (Å²) in [6, 6.07) is 9.46. The van der Waals surface area contributed by atoms with Crippen LogP contribution in [0.15, 0.2) is 35.3 Å². The van der Waals surface area contributed by atoms with Gasteiger partial charge in [-0.3, -0.25) is 5.32 Å². The lowest BCUT2D eigenvalue weighted by Gasteiger charge is -2.45. The molecule has 0 spiro atoms. The second-order valence-corrected chi connectivity index (χ2v) is 10.4. The van der Waals surface area contributed by atoms with Gasteiger partial charge < -0.3 is 16.0 Å². The molecule has 0 atom stereocenters. The van der Waals surface area contributed by atoms with Crippen LogP contribution in [0.25, 0.3) is 0 Å². The number of benzene rings is 1. The van der Waals surface area contributed by atoms with E-state index in [0.29, 0.717) is 22.0 Å². The molecule has 0 unspecified atom stereocenters. The van der Waals surface area contributed by atoms with E-state index >= 15 is 0 Å². The molecule has 3 rings (SSSR count). The van der Waals surface area contributed by atoms with E-state index in [1.165, 1.54) is 0 Å². The third-order valence-corrected chi connectivity index (χ3v) is 5.58. The van der Waals surface area contributed by atoms with Crippen molar-refractivity contribution in [3.05, 3.63) is 46.7 Å². The number of hydrogen-bond acceptors (Lipinski definition) is 5. The van der Waals surface area contributed by atoms with E-state index in [2.05, 4.69) is 58.9 Å². The Morgan fingerprint density at radius 1 is 1.06 bits per heavy atom. The Bertz CT molecular complexity index is 983. The molecule has 0 radical (unpaired) electrons. The van der Waals surface area contributed by atoms with Crippen LogP contribution >= 0.6 is 23.8 Å². The van der Waals surface area contributed by atoms with Crippen LogP contribution in [0.3, 0.4) is 0 Å². The fourth-order valence-corrected chi connectivity index (χ4v) is 4.74. The normalized spacial score (nSPS) is 18.2. The number of aryl methyl sites for hydroxylation is 2. The Balaban J connectivity index is 1.85. The highest BCUT2D eigenvalue weighted by atomic mass is 35.5. The highest BCUT2D eigenvalue weighted by Crippen LogP contribution is 2.30. The van der Waals surface area contributed by atoms with Crippen LogP contribution < -0.4 is 21.3 Å². The summed E-state index contributed by atoms with van der Waals surface area (Å²) in [5, 5.41) is 14.2. The summed E-state index contributed by atoms with van der Waals surface area (Å²) in [7, 11) is 0. The first kappa shape index (κ1) is 24.4. The van der Waals surface area contributed by atoms with Crippen molar-refractivity contribution >= 4 is 46.5 Å². The Kier molecular flexibility index (Phi) is 7.37. The van der Waals surface area contributed by atoms with Gasteiger partial charge in [0.1, 0.15) is 0 Å². The van der Waals surface area contributed by atoms with Crippen molar-refractivity contribution in [3.8, 4) is 0 Å². The number of nitrogens with zero attached hydrogens (tertiary/aromatic N) is 3. The van der Waals surface area contributed by atoms with Crippen LogP contribution in [-0.4, -0.2) is 38.2 Å². The van der Waals surface area contributed by atoms with Gasteiger partial charge in [0.25, 0.3) is 0 Å². The quantitative estimate of drug-likeness (QED) is 0.289. The van der Waals surface area contributed by atoms with E-state index < -0.39 is 0 Å². The molecule has 1 aliphatic heterocycles. The number of anilines is 2. The van der Waals surface area contributed by atoms with Gasteiger partial charge >= 0.3 is 0 Å². The number of hydrogen-bond donors (Lipinski definition) is 4. The number of nitrogens with one attached hydrogen (secondary N) is 4. The molecular formula is C23H32ClN7S. The number of piperidine rings is 1. The van der Waals surface area contributed by atoms with Gasteiger partial charge in [0.05, 0.1) is 16.8 Å². The number of para-hydroxylation sites is 1. The van der Waals surface area contributed by atoms with Crippen LogP contribution in [-0.2, 0) is 0 Å². The van der Waals surface area contributed by atoms with Gasteiger partial charge in [0, 0.05) is 22.5 Å². The molecule has 0 aliphatic carbocycles. The monoisotopic (exact) mass is 473 g/mol. The lowest BCUT2D eigenvalue weighted by atomic mass is 9.80. The van der Waals surface area contributed by atoms with Crippen molar-refractivity contribution < 1.29 is 0 Å². The summed E-state index contributed by atoms with van der Waals surface area (Å²) in [5.41, 5.74) is 2.40. The first-order chi connectivity index (χ1) is 14.9. The Morgan fingerprint density at radius 2 is 1.66 bits per heavy atom. The van der Waals surface area contributed by atoms with Crippen molar-refractivity contribution in [3.63, 3.8) is 0 Å². The highest BCUT2D eigenvalue weighted by molar-refractivity contribution is 7.80.